The smallest absolute Gasteiger partial charge is 0.0991 e. The summed E-state index contributed by atoms with van der Waals surface area (Å²) < 4.78 is 2.10. The molecule has 0 aliphatic heterocycles. The molecule has 1 aromatic carbocycles. The maximum absolute atomic E-state index is 8.63. The van der Waals surface area contributed by atoms with E-state index in [9.17, 15) is 0 Å². The molecule has 0 bridgehead atoms. The molecule has 0 amide bonds. The first-order valence-corrected chi connectivity index (χ1v) is 4.48. The molecule has 1 heterocycles. The van der Waals surface area contributed by atoms with Gasteiger partial charge in [-0.05, 0) is 29.8 Å². The Bertz CT molecular complexity index is 432. The molecule has 2 aromatic rings. The van der Waals surface area contributed by atoms with E-state index < -0.39 is 0 Å². The van der Waals surface area contributed by atoms with Crippen LogP contribution in [-0.2, 0) is 6.54 Å². The van der Waals surface area contributed by atoms with Crippen molar-refractivity contribution in [1.29, 1.82) is 5.26 Å². The van der Waals surface area contributed by atoms with Crippen molar-refractivity contribution in [1.82, 2.24) is 4.57 Å². The predicted molar refractivity (Wildman–Crippen MR) is 54.7 cm³/mol. The number of nitriles is 1. The fraction of sp³-hybridized carbons (Fsp3) is 0.0833. The second kappa shape index (κ2) is 3.80. The van der Waals surface area contributed by atoms with Crippen molar-refractivity contribution in [3.63, 3.8) is 0 Å². The molecule has 2 rings (SSSR count). The molecule has 0 saturated carbocycles. The van der Waals surface area contributed by atoms with E-state index in [0.717, 1.165) is 6.54 Å². The van der Waals surface area contributed by atoms with E-state index >= 15 is 0 Å². The van der Waals surface area contributed by atoms with E-state index in [4.69, 9.17) is 5.26 Å². The van der Waals surface area contributed by atoms with Crippen LogP contribution in [0.4, 0.5) is 0 Å². The molecular weight excluding hydrogens is 172 g/mol. The predicted octanol–water partition coefficient (Wildman–Crippen LogP) is 2.41. The van der Waals surface area contributed by atoms with E-state index in [-0.39, 0.29) is 0 Å². The Morgan fingerprint density at radius 1 is 1.07 bits per heavy atom. The molecule has 1 aromatic heterocycles. The quantitative estimate of drug-likeness (QED) is 0.701. The van der Waals surface area contributed by atoms with Crippen molar-refractivity contribution in [3.05, 3.63) is 59.9 Å². The summed E-state index contributed by atoms with van der Waals surface area (Å²) in [5, 5.41) is 8.63. The van der Waals surface area contributed by atoms with Crippen LogP contribution in [0.15, 0.2) is 48.8 Å². The lowest BCUT2D eigenvalue weighted by atomic mass is 10.1. The van der Waals surface area contributed by atoms with Crippen LogP contribution >= 0.6 is 0 Å². The van der Waals surface area contributed by atoms with Crippen molar-refractivity contribution >= 4 is 0 Å². The van der Waals surface area contributed by atoms with Gasteiger partial charge >= 0.3 is 0 Å². The molecule has 0 aliphatic rings. The van der Waals surface area contributed by atoms with E-state index in [1.807, 2.05) is 48.8 Å². The van der Waals surface area contributed by atoms with Crippen LogP contribution in [0.2, 0.25) is 0 Å². The highest BCUT2D eigenvalue weighted by atomic mass is 14.9. The Kier molecular flexibility index (Phi) is 2.33. The molecule has 68 valence electrons. The van der Waals surface area contributed by atoms with E-state index in [1.54, 1.807) is 0 Å². The van der Waals surface area contributed by atoms with Crippen molar-refractivity contribution in [2.45, 2.75) is 6.54 Å². The van der Waals surface area contributed by atoms with Crippen LogP contribution in [-0.4, -0.2) is 4.57 Å². The molecule has 0 N–H and O–H groups in total. The highest BCUT2D eigenvalue weighted by molar-refractivity contribution is 5.31. The molecule has 0 aliphatic carbocycles. The third kappa shape index (κ3) is 1.83. The number of hydrogen-bond donors (Lipinski definition) is 0. The summed E-state index contributed by atoms with van der Waals surface area (Å²) in [6, 6.07) is 13.8. The molecule has 0 saturated heterocycles. The average molecular weight is 182 g/mol. The molecule has 0 unspecified atom stereocenters. The Morgan fingerprint density at radius 3 is 2.29 bits per heavy atom. The van der Waals surface area contributed by atoms with Crippen molar-refractivity contribution < 1.29 is 0 Å². The molecule has 0 spiro atoms. The fourth-order valence-corrected chi connectivity index (χ4v) is 1.37. The Labute approximate surface area is 83.0 Å². The Balaban J connectivity index is 2.15. The van der Waals surface area contributed by atoms with Crippen LogP contribution in [0, 0.1) is 11.3 Å². The van der Waals surface area contributed by atoms with Gasteiger partial charge in [0.25, 0.3) is 0 Å². The first kappa shape index (κ1) is 8.58. The third-order valence-electron chi connectivity index (χ3n) is 2.11. The molecule has 14 heavy (non-hydrogen) atoms. The van der Waals surface area contributed by atoms with Gasteiger partial charge in [0.15, 0.2) is 0 Å². The number of nitrogens with zero attached hydrogens (tertiary/aromatic N) is 2. The largest absolute Gasteiger partial charge is 0.350 e. The van der Waals surface area contributed by atoms with Gasteiger partial charge in [-0.15, -0.1) is 0 Å². The highest BCUT2D eigenvalue weighted by Crippen LogP contribution is 2.05. The minimum Gasteiger partial charge on any atom is -0.350 e. The van der Waals surface area contributed by atoms with Gasteiger partial charge in [-0.3, -0.25) is 0 Å². The van der Waals surface area contributed by atoms with Gasteiger partial charge in [-0.2, -0.15) is 5.26 Å². The lowest BCUT2D eigenvalue weighted by Crippen LogP contribution is -1.95. The number of aromatic nitrogens is 1. The fourth-order valence-electron chi connectivity index (χ4n) is 1.37. The zero-order valence-electron chi connectivity index (χ0n) is 7.72. The van der Waals surface area contributed by atoms with E-state index in [2.05, 4.69) is 10.6 Å². The van der Waals surface area contributed by atoms with Crippen LogP contribution in [0.5, 0.6) is 0 Å². The highest BCUT2D eigenvalue weighted by Gasteiger charge is 1.94. The normalized spacial score (nSPS) is 9.64. The van der Waals surface area contributed by atoms with Gasteiger partial charge in [0.2, 0.25) is 0 Å². The third-order valence-corrected chi connectivity index (χ3v) is 2.11. The summed E-state index contributed by atoms with van der Waals surface area (Å²) in [6.45, 7) is 0.860. The minimum absolute atomic E-state index is 0.709. The van der Waals surface area contributed by atoms with Gasteiger partial charge in [0.1, 0.15) is 0 Å². The SMILES string of the molecule is N#Cc1ccc(Cn2cccc2)cc1. The topological polar surface area (TPSA) is 28.7 Å². The van der Waals surface area contributed by atoms with Crippen LogP contribution in [0.25, 0.3) is 0 Å². The van der Waals surface area contributed by atoms with Crippen molar-refractivity contribution in [3.8, 4) is 6.07 Å². The molecule has 2 heteroatoms. The maximum Gasteiger partial charge on any atom is 0.0991 e. The first-order valence-electron chi connectivity index (χ1n) is 4.48. The molecule has 0 atom stereocenters. The lowest BCUT2D eigenvalue weighted by molar-refractivity contribution is 0.806. The van der Waals surface area contributed by atoms with Gasteiger partial charge in [0, 0.05) is 18.9 Å². The summed E-state index contributed by atoms with van der Waals surface area (Å²) >= 11 is 0. The van der Waals surface area contributed by atoms with E-state index in [0.29, 0.717) is 5.56 Å². The van der Waals surface area contributed by atoms with Crippen LogP contribution in [0.3, 0.4) is 0 Å². The maximum atomic E-state index is 8.63. The monoisotopic (exact) mass is 182 g/mol. The van der Waals surface area contributed by atoms with Gasteiger partial charge in [-0.25, -0.2) is 0 Å². The summed E-state index contributed by atoms with van der Waals surface area (Å²) in [4.78, 5) is 0. The van der Waals surface area contributed by atoms with Crippen LogP contribution < -0.4 is 0 Å². The summed E-state index contributed by atoms with van der Waals surface area (Å²) in [6.07, 6.45) is 4.05. The summed E-state index contributed by atoms with van der Waals surface area (Å²) in [5.41, 5.74) is 1.92. The van der Waals surface area contributed by atoms with Gasteiger partial charge in [-0.1, -0.05) is 12.1 Å². The molecule has 0 fully saturated rings. The minimum atomic E-state index is 0.709. The van der Waals surface area contributed by atoms with Crippen molar-refractivity contribution in [2.75, 3.05) is 0 Å². The van der Waals surface area contributed by atoms with Crippen LogP contribution in [0.1, 0.15) is 11.1 Å². The number of rotatable bonds is 2. The van der Waals surface area contributed by atoms with Gasteiger partial charge in [0.05, 0.1) is 11.6 Å². The number of benzene rings is 1. The van der Waals surface area contributed by atoms with Crippen molar-refractivity contribution in [2.24, 2.45) is 0 Å². The zero-order valence-corrected chi connectivity index (χ0v) is 7.72. The molecule has 2 nitrogen and oxygen atoms in total. The first-order chi connectivity index (χ1) is 6.88. The van der Waals surface area contributed by atoms with E-state index in [1.165, 1.54) is 5.56 Å². The zero-order chi connectivity index (χ0) is 9.80. The molecular formula is C12H10N2. The lowest BCUT2D eigenvalue weighted by Gasteiger charge is -2.02. The molecule has 0 radical (unpaired) electrons. The second-order valence-corrected chi connectivity index (χ2v) is 3.16. The Morgan fingerprint density at radius 2 is 1.71 bits per heavy atom. The average Bonchev–Trinajstić information content (AvgIpc) is 2.72. The summed E-state index contributed by atoms with van der Waals surface area (Å²) in [7, 11) is 0. The Hall–Kier alpha value is -2.01. The number of hydrogen-bond acceptors (Lipinski definition) is 1. The van der Waals surface area contributed by atoms with Gasteiger partial charge < -0.3 is 4.57 Å². The standard InChI is InChI=1S/C12H10N2/c13-9-11-3-5-12(6-4-11)10-14-7-1-2-8-14/h1-8H,10H2. The summed E-state index contributed by atoms with van der Waals surface area (Å²) in [5.74, 6) is 0. The second-order valence-electron chi connectivity index (χ2n) is 3.16.